The van der Waals surface area contributed by atoms with Gasteiger partial charge in [0.1, 0.15) is 0 Å². The summed E-state index contributed by atoms with van der Waals surface area (Å²) in [7, 11) is 0. The number of unbranched alkanes of at least 4 members (excludes halogenated alkanes) is 27. The van der Waals surface area contributed by atoms with Gasteiger partial charge >= 0.3 is 0 Å². The van der Waals surface area contributed by atoms with Crippen molar-refractivity contribution in [3.63, 3.8) is 0 Å². The van der Waals surface area contributed by atoms with Crippen LogP contribution in [0.15, 0.2) is 11.6 Å². The molecule has 0 heteroatoms. The highest BCUT2D eigenvalue weighted by atomic mass is 14.6. The maximum atomic E-state index is 2.90. The molecule has 0 nitrogen and oxygen atoms in total. The molecule has 357 valence electrons. The second-order valence-electron chi connectivity index (χ2n) is 23.9. The molecule has 0 aromatic heterocycles. The third-order valence-electron chi connectivity index (χ3n) is 18.8. The molecular formula is C61H113. The van der Waals surface area contributed by atoms with Crippen LogP contribution in [0.25, 0.3) is 0 Å². The summed E-state index contributed by atoms with van der Waals surface area (Å²) in [5.41, 5.74) is 3.05. The first-order valence-corrected chi connectivity index (χ1v) is 29.3. The van der Waals surface area contributed by atoms with Crippen LogP contribution in [0.4, 0.5) is 0 Å². The molecule has 0 N–H and O–H groups in total. The van der Waals surface area contributed by atoms with Gasteiger partial charge in [-0.3, -0.25) is 0 Å². The van der Waals surface area contributed by atoms with E-state index in [1.807, 2.05) is 11.5 Å². The molecule has 3 fully saturated rings. The van der Waals surface area contributed by atoms with Crippen molar-refractivity contribution in [1.82, 2.24) is 0 Å². The number of hydrogen-bond donors (Lipinski definition) is 0. The second-order valence-corrected chi connectivity index (χ2v) is 23.9. The van der Waals surface area contributed by atoms with Crippen molar-refractivity contribution in [2.75, 3.05) is 0 Å². The lowest BCUT2D eigenvalue weighted by atomic mass is 9.46. The first kappa shape index (κ1) is 53.4. The molecule has 0 aliphatic heterocycles. The van der Waals surface area contributed by atoms with Crippen molar-refractivity contribution in [3.8, 4) is 0 Å². The van der Waals surface area contributed by atoms with Gasteiger partial charge < -0.3 is 0 Å². The predicted octanol–water partition coefficient (Wildman–Crippen LogP) is 21.4. The summed E-state index contributed by atoms with van der Waals surface area (Å²) >= 11 is 0. The molecule has 0 bridgehead atoms. The minimum Gasteiger partial charge on any atom is -0.0845 e. The molecule has 0 saturated heterocycles. The van der Waals surface area contributed by atoms with Crippen molar-refractivity contribution >= 4 is 0 Å². The van der Waals surface area contributed by atoms with Gasteiger partial charge in [0.15, 0.2) is 0 Å². The van der Waals surface area contributed by atoms with E-state index in [1.165, 1.54) is 270 Å². The van der Waals surface area contributed by atoms with Gasteiger partial charge in [-0.25, -0.2) is 0 Å². The van der Waals surface area contributed by atoms with E-state index in [1.54, 1.807) is 0 Å². The first-order chi connectivity index (χ1) is 29.7. The Labute approximate surface area is 386 Å². The average molecular weight is 847 g/mol. The zero-order chi connectivity index (χ0) is 43.6. The standard InChI is InChI=1S/C61H113/c1-8-10-12-14-16-18-19-20-21-22-23-24-25-26-27-28-30-32-34-36-41-53(40-35-33-31-29-17-15-13-11-9-2)54-46-48-60(6)55(50-54)42-43-56-58-45-44-57(52(5)39-37-38-51(3)4)61(58,7)49-47-59(56)60/h42,51-52,54,56-59H,8-41,43-50H2,1-7H3/t52-,54?,56?,57-,58?,59?,60+,61-/m1/s1. The average Bonchev–Trinajstić information content (AvgIpc) is 3.61. The SMILES string of the molecule is CCCCCCCCCCCCCCCCCCCCCC[C](CCCCCCCCCCC)C1CC[C@@]2(C)C(=CCC3C2CC[C@@]2(C)C3CC[C@@H]2[C@H](C)CCCC(C)C)C1. The molecule has 8 atom stereocenters. The molecule has 4 aliphatic rings. The highest BCUT2D eigenvalue weighted by molar-refractivity contribution is 5.27. The normalized spacial score (nSPS) is 28.0. The molecule has 61 heavy (non-hydrogen) atoms. The van der Waals surface area contributed by atoms with Crippen LogP contribution in [0.2, 0.25) is 0 Å². The van der Waals surface area contributed by atoms with Crippen molar-refractivity contribution < 1.29 is 0 Å². The quantitative estimate of drug-likeness (QED) is 0.0432. The third-order valence-corrected chi connectivity index (χ3v) is 18.8. The predicted molar refractivity (Wildman–Crippen MR) is 274 cm³/mol. The van der Waals surface area contributed by atoms with Crippen LogP contribution < -0.4 is 0 Å². The molecule has 0 heterocycles. The molecule has 0 amide bonds. The molecule has 4 unspecified atom stereocenters. The van der Waals surface area contributed by atoms with E-state index in [-0.39, 0.29) is 0 Å². The monoisotopic (exact) mass is 846 g/mol. The fraction of sp³-hybridized carbons (Fsp3) is 0.951. The van der Waals surface area contributed by atoms with Crippen LogP contribution in [-0.2, 0) is 0 Å². The number of rotatable bonds is 37. The van der Waals surface area contributed by atoms with Gasteiger partial charge in [0, 0.05) is 0 Å². The summed E-state index contributed by atoms with van der Waals surface area (Å²) in [6.45, 7) is 17.7. The lowest BCUT2D eigenvalue weighted by molar-refractivity contribution is -0.0525. The van der Waals surface area contributed by atoms with E-state index < -0.39 is 0 Å². The maximum Gasteiger partial charge on any atom is -0.00851 e. The Kier molecular flexibility index (Phi) is 27.0. The fourth-order valence-electron chi connectivity index (χ4n) is 14.8. The molecule has 0 aromatic rings. The van der Waals surface area contributed by atoms with Gasteiger partial charge in [-0.1, -0.05) is 266 Å². The molecule has 0 aromatic carbocycles. The topological polar surface area (TPSA) is 0 Å². The minimum atomic E-state index is 0.498. The van der Waals surface area contributed by atoms with Gasteiger partial charge in [-0.2, -0.15) is 0 Å². The van der Waals surface area contributed by atoms with Gasteiger partial charge in [0.2, 0.25) is 0 Å². The Hall–Kier alpha value is -0.260. The Balaban J connectivity index is 1.16. The molecular weight excluding hydrogens is 733 g/mol. The van der Waals surface area contributed by atoms with E-state index in [0.29, 0.717) is 10.8 Å². The van der Waals surface area contributed by atoms with Crippen molar-refractivity contribution in [1.29, 1.82) is 0 Å². The lowest BCUT2D eigenvalue weighted by Gasteiger charge is -2.59. The first-order valence-electron chi connectivity index (χ1n) is 29.3. The highest BCUT2D eigenvalue weighted by Gasteiger charge is 2.59. The van der Waals surface area contributed by atoms with E-state index in [9.17, 15) is 0 Å². The minimum absolute atomic E-state index is 0.498. The second kappa shape index (κ2) is 30.9. The number of hydrogen-bond acceptors (Lipinski definition) is 0. The summed E-state index contributed by atoms with van der Waals surface area (Å²) in [5.74, 6) is 8.60. The van der Waals surface area contributed by atoms with Crippen LogP contribution in [-0.4, -0.2) is 0 Å². The Morgan fingerprint density at radius 1 is 0.508 bits per heavy atom. The third kappa shape index (κ3) is 18.2. The lowest BCUT2D eigenvalue weighted by Crippen LogP contribution is -2.50. The summed E-state index contributed by atoms with van der Waals surface area (Å²) in [6.07, 6.45) is 64.8. The largest absolute Gasteiger partial charge is 0.0845 e. The van der Waals surface area contributed by atoms with E-state index >= 15 is 0 Å². The summed E-state index contributed by atoms with van der Waals surface area (Å²) in [5, 5.41) is 0. The van der Waals surface area contributed by atoms with Gasteiger partial charge in [0.25, 0.3) is 0 Å². The molecule has 0 spiro atoms. The van der Waals surface area contributed by atoms with E-state index in [4.69, 9.17) is 0 Å². The van der Waals surface area contributed by atoms with Crippen LogP contribution in [0.3, 0.4) is 0 Å². The van der Waals surface area contributed by atoms with Gasteiger partial charge in [0.05, 0.1) is 0 Å². The zero-order valence-corrected chi connectivity index (χ0v) is 43.3. The summed E-state index contributed by atoms with van der Waals surface area (Å²) in [4.78, 5) is 0. The summed E-state index contributed by atoms with van der Waals surface area (Å²) in [6, 6.07) is 0. The zero-order valence-electron chi connectivity index (χ0n) is 43.3. The van der Waals surface area contributed by atoms with Crippen molar-refractivity contribution in [2.45, 2.75) is 318 Å². The molecule has 3 saturated carbocycles. The molecule has 1 radical (unpaired) electrons. The highest BCUT2D eigenvalue weighted by Crippen LogP contribution is 2.68. The fourth-order valence-corrected chi connectivity index (χ4v) is 14.8. The van der Waals surface area contributed by atoms with E-state index in [0.717, 1.165) is 41.4 Å². The Bertz CT molecular complexity index is 1100. The van der Waals surface area contributed by atoms with Crippen molar-refractivity contribution in [3.05, 3.63) is 17.6 Å². The maximum absolute atomic E-state index is 2.90. The van der Waals surface area contributed by atoms with Crippen LogP contribution in [0.5, 0.6) is 0 Å². The summed E-state index contributed by atoms with van der Waals surface area (Å²) < 4.78 is 0. The van der Waals surface area contributed by atoms with Gasteiger partial charge in [-0.15, -0.1) is 0 Å². The molecule has 4 rings (SSSR count). The Morgan fingerprint density at radius 3 is 1.43 bits per heavy atom. The smallest absolute Gasteiger partial charge is 0.00851 e. The Morgan fingerprint density at radius 2 is 0.967 bits per heavy atom. The van der Waals surface area contributed by atoms with Crippen molar-refractivity contribution in [2.24, 2.45) is 52.3 Å². The number of allylic oxidation sites excluding steroid dienone is 2. The van der Waals surface area contributed by atoms with Crippen LogP contribution in [0, 0.1) is 58.2 Å². The van der Waals surface area contributed by atoms with Gasteiger partial charge in [-0.05, 0) is 122 Å². The van der Waals surface area contributed by atoms with Crippen LogP contribution in [0.1, 0.15) is 318 Å². The molecule has 4 aliphatic carbocycles. The van der Waals surface area contributed by atoms with E-state index in [2.05, 4.69) is 54.5 Å². The number of fused-ring (bicyclic) bond motifs is 5. The van der Waals surface area contributed by atoms with Crippen LogP contribution >= 0.6 is 0 Å².